The number of carbonyl (C=O) groups excluding carboxylic acids is 2. The number of nitrogens with zero attached hydrogens (tertiary/aromatic N) is 3. The highest BCUT2D eigenvalue weighted by atomic mass is 16.2. The highest BCUT2D eigenvalue weighted by Gasteiger charge is 2.29. The molecule has 1 aliphatic rings. The van der Waals surface area contributed by atoms with Crippen molar-refractivity contribution in [3.63, 3.8) is 0 Å². The quantitative estimate of drug-likeness (QED) is 0.811. The molecule has 0 spiro atoms. The van der Waals surface area contributed by atoms with E-state index in [2.05, 4.69) is 26.1 Å². The molecule has 1 aliphatic heterocycles. The van der Waals surface area contributed by atoms with Crippen LogP contribution < -0.4 is 5.32 Å². The molecule has 1 saturated heterocycles. The van der Waals surface area contributed by atoms with Crippen molar-refractivity contribution in [2.45, 2.75) is 79.6 Å². The molecular weight excluding hydrogens is 352 g/mol. The van der Waals surface area contributed by atoms with E-state index in [9.17, 15) is 9.59 Å². The van der Waals surface area contributed by atoms with Gasteiger partial charge in [-0.15, -0.1) is 0 Å². The maximum absolute atomic E-state index is 12.6. The zero-order valence-electron chi connectivity index (χ0n) is 18.4. The normalized spacial score (nSPS) is 17.5. The van der Waals surface area contributed by atoms with Gasteiger partial charge in [0, 0.05) is 48.9 Å². The number of nitrogens with one attached hydrogen (secondary N) is 1. The number of aromatic nitrogens is 2. The van der Waals surface area contributed by atoms with Crippen LogP contribution in [0, 0.1) is 19.3 Å². The van der Waals surface area contributed by atoms with Crippen LogP contribution in [0.5, 0.6) is 0 Å². The van der Waals surface area contributed by atoms with E-state index in [4.69, 9.17) is 9.97 Å². The standard InChI is InChI=1S/C22H36N4O2/c1-7-10-23-19(27)12-18-15(2)24-21(25-16(18)3)17-9-8-11-26(14-17)20(28)13-22(4,5)6/h17H,7-14H2,1-6H3,(H,23,27)/t17-/m0/s1. The second kappa shape index (κ2) is 9.48. The Labute approximate surface area is 169 Å². The summed E-state index contributed by atoms with van der Waals surface area (Å²) in [6.07, 6.45) is 3.77. The molecule has 2 heterocycles. The summed E-state index contributed by atoms with van der Waals surface area (Å²) in [4.78, 5) is 36.1. The van der Waals surface area contributed by atoms with Gasteiger partial charge in [-0.05, 0) is 38.5 Å². The van der Waals surface area contributed by atoms with Gasteiger partial charge in [0.25, 0.3) is 0 Å². The number of hydrogen-bond donors (Lipinski definition) is 1. The van der Waals surface area contributed by atoms with Gasteiger partial charge in [-0.3, -0.25) is 9.59 Å². The van der Waals surface area contributed by atoms with E-state index in [1.54, 1.807) is 0 Å². The fraction of sp³-hybridized carbons (Fsp3) is 0.727. The van der Waals surface area contributed by atoms with Gasteiger partial charge in [-0.25, -0.2) is 9.97 Å². The largest absolute Gasteiger partial charge is 0.356 e. The fourth-order valence-electron chi connectivity index (χ4n) is 3.67. The van der Waals surface area contributed by atoms with Crippen LogP contribution in [0.4, 0.5) is 0 Å². The molecule has 1 aromatic rings. The minimum atomic E-state index is -0.00625. The Kier molecular flexibility index (Phi) is 7.55. The molecule has 0 unspecified atom stereocenters. The first-order chi connectivity index (χ1) is 13.1. The van der Waals surface area contributed by atoms with Gasteiger partial charge in [0.15, 0.2) is 0 Å². The van der Waals surface area contributed by atoms with Gasteiger partial charge in [0.1, 0.15) is 5.82 Å². The number of likely N-dealkylation sites (tertiary alicyclic amines) is 1. The Morgan fingerprint density at radius 2 is 1.82 bits per heavy atom. The molecule has 2 rings (SSSR count). The molecule has 1 N–H and O–H groups in total. The molecule has 0 bridgehead atoms. The van der Waals surface area contributed by atoms with Crippen LogP contribution in [0.25, 0.3) is 0 Å². The van der Waals surface area contributed by atoms with Gasteiger partial charge < -0.3 is 10.2 Å². The predicted octanol–water partition coefficient (Wildman–Crippen LogP) is 3.30. The molecule has 1 fully saturated rings. The van der Waals surface area contributed by atoms with E-state index in [-0.39, 0.29) is 23.1 Å². The molecule has 6 heteroatoms. The number of carbonyl (C=O) groups is 2. The maximum Gasteiger partial charge on any atom is 0.224 e. The molecule has 1 aromatic heterocycles. The lowest BCUT2D eigenvalue weighted by molar-refractivity contribution is -0.134. The smallest absolute Gasteiger partial charge is 0.224 e. The van der Waals surface area contributed by atoms with E-state index in [0.717, 1.165) is 48.6 Å². The van der Waals surface area contributed by atoms with Crippen molar-refractivity contribution in [3.05, 3.63) is 22.8 Å². The number of amides is 2. The first-order valence-electron chi connectivity index (χ1n) is 10.5. The summed E-state index contributed by atoms with van der Waals surface area (Å²) in [6.45, 7) is 14.4. The lowest BCUT2D eigenvalue weighted by atomic mass is 9.90. The highest BCUT2D eigenvalue weighted by Crippen LogP contribution is 2.28. The highest BCUT2D eigenvalue weighted by molar-refractivity contribution is 5.79. The number of piperidine rings is 1. The minimum absolute atomic E-state index is 0.00625. The topological polar surface area (TPSA) is 75.2 Å². The second-order valence-electron chi connectivity index (χ2n) is 9.17. The number of aryl methyl sites for hydroxylation is 2. The maximum atomic E-state index is 12.6. The Balaban J connectivity index is 2.10. The lowest BCUT2D eigenvalue weighted by Crippen LogP contribution is -2.41. The van der Waals surface area contributed by atoms with E-state index < -0.39 is 0 Å². The summed E-state index contributed by atoms with van der Waals surface area (Å²) in [5, 5.41) is 2.91. The van der Waals surface area contributed by atoms with Crippen molar-refractivity contribution in [1.29, 1.82) is 0 Å². The number of rotatable bonds is 6. The lowest BCUT2D eigenvalue weighted by Gasteiger charge is -2.34. The van der Waals surface area contributed by atoms with Crippen LogP contribution in [0.15, 0.2) is 0 Å². The summed E-state index contributed by atoms with van der Waals surface area (Å²) >= 11 is 0. The van der Waals surface area contributed by atoms with Crippen molar-refractivity contribution in [1.82, 2.24) is 20.2 Å². The van der Waals surface area contributed by atoms with E-state index in [1.807, 2.05) is 25.7 Å². The van der Waals surface area contributed by atoms with Crippen molar-refractivity contribution in [2.24, 2.45) is 5.41 Å². The van der Waals surface area contributed by atoms with E-state index >= 15 is 0 Å². The monoisotopic (exact) mass is 388 g/mol. The first kappa shape index (κ1) is 22.3. The van der Waals surface area contributed by atoms with Crippen LogP contribution in [-0.4, -0.2) is 46.3 Å². The zero-order valence-corrected chi connectivity index (χ0v) is 18.4. The molecule has 1 atom stereocenters. The Hall–Kier alpha value is -1.98. The van der Waals surface area contributed by atoms with Crippen molar-refractivity contribution >= 4 is 11.8 Å². The van der Waals surface area contributed by atoms with E-state index in [1.165, 1.54) is 0 Å². The van der Waals surface area contributed by atoms with Crippen LogP contribution in [0.3, 0.4) is 0 Å². The van der Waals surface area contributed by atoms with Crippen molar-refractivity contribution in [3.8, 4) is 0 Å². The van der Waals surface area contributed by atoms with Crippen molar-refractivity contribution in [2.75, 3.05) is 19.6 Å². The number of hydrogen-bond acceptors (Lipinski definition) is 4. The third kappa shape index (κ3) is 6.28. The van der Waals surface area contributed by atoms with Crippen LogP contribution in [0.1, 0.15) is 82.1 Å². The average molecular weight is 389 g/mol. The Morgan fingerprint density at radius 1 is 1.18 bits per heavy atom. The second-order valence-corrected chi connectivity index (χ2v) is 9.17. The van der Waals surface area contributed by atoms with Crippen LogP contribution in [-0.2, 0) is 16.0 Å². The summed E-state index contributed by atoms with van der Waals surface area (Å²) < 4.78 is 0. The fourth-order valence-corrected chi connectivity index (χ4v) is 3.67. The molecule has 0 aromatic carbocycles. The molecule has 0 saturated carbocycles. The van der Waals surface area contributed by atoms with E-state index in [0.29, 0.717) is 25.9 Å². The van der Waals surface area contributed by atoms with Crippen molar-refractivity contribution < 1.29 is 9.59 Å². The molecule has 6 nitrogen and oxygen atoms in total. The molecule has 2 amide bonds. The SMILES string of the molecule is CCCNC(=O)Cc1c(C)nc([C@H]2CCCN(C(=O)CC(C)(C)C)C2)nc1C. The summed E-state index contributed by atoms with van der Waals surface area (Å²) in [6, 6.07) is 0. The Bertz CT molecular complexity index is 686. The summed E-state index contributed by atoms with van der Waals surface area (Å²) in [7, 11) is 0. The van der Waals surface area contributed by atoms with Gasteiger partial charge in [-0.1, -0.05) is 27.7 Å². The average Bonchev–Trinajstić information content (AvgIpc) is 2.61. The summed E-state index contributed by atoms with van der Waals surface area (Å²) in [5.74, 6) is 1.20. The van der Waals surface area contributed by atoms with Gasteiger partial charge in [-0.2, -0.15) is 0 Å². The minimum Gasteiger partial charge on any atom is -0.356 e. The Morgan fingerprint density at radius 3 is 2.39 bits per heavy atom. The zero-order chi connectivity index (χ0) is 20.9. The van der Waals surface area contributed by atoms with Gasteiger partial charge in [0.05, 0.1) is 6.42 Å². The molecular formula is C22H36N4O2. The van der Waals surface area contributed by atoms with Gasteiger partial charge in [0.2, 0.25) is 11.8 Å². The molecule has 28 heavy (non-hydrogen) atoms. The molecule has 0 radical (unpaired) electrons. The third-order valence-electron chi connectivity index (χ3n) is 5.17. The summed E-state index contributed by atoms with van der Waals surface area (Å²) in [5.41, 5.74) is 2.64. The first-order valence-corrected chi connectivity index (χ1v) is 10.5. The van der Waals surface area contributed by atoms with Crippen LogP contribution >= 0.6 is 0 Å². The van der Waals surface area contributed by atoms with Gasteiger partial charge >= 0.3 is 0 Å². The third-order valence-corrected chi connectivity index (χ3v) is 5.17. The van der Waals surface area contributed by atoms with Crippen LogP contribution in [0.2, 0.25) is 0 Å². The molecule has 156 valence electrons. The predicted molar refractivity (Wildman–Crippen MR) is 111 cm³/mol. The molecule has 0 aliphatic carbocycles.